The summed E-state index contributed by atoms with van der Waals surface area (Å²) in [6, 6.07) is 20.6. The second-order valence-electron chi connectivity index (χ2n) is 7.70. The van der Waals surface area contributed by atoms with Crippen LogP contribution < -0.4 is 11.2 Å². The number of aryl methyl sites for hydroxylation is 2. The molecule has 0 saturated carbocycles. The van der Waals surface area contributed by atoms with Crippen LogP contribution in [0.5, 0.6) is 0 Å². The van der Waals surface area contributed by atoms with E-state index in [1.54, 1.807) is 19.9 Å². The molecule has 0 radical (unpaired) electrons. The largest absolute Gasteiger partial charge is 0.368 e. The van der Waals surface area contributed by atoms with Gasteiger partial charge in [0.2, 0.25) is 5.96 Å². The number of nitrogens with two attached hydrogens (primary N) is 1. The van der Waals surface area contributed by atoms with E-state index in [0.717, 1.165) is 16.7 Å². The standard InChI is InChI=1S/C26H25ClN4O2S2/c1-18-8-7-11-22(14-18)17-34-24-16-23(27)19(2)15-25(24)35(32,33)31-26(28)30-29-20(3)12-13-21-9-5-4-6-10-21/h4-11,14-16H,17H2,1-3H3,(H3,28,30,31)/b29-20+. The average molecular weight is 525 g/mol. The van der Waals surface area contributed by atoms with Crippen LogP contribution in [0, 0.1) is 25.7 Å². The van der Waals surface area contributed by atoms with E-state index in [1.807, 2.05) is 55.5 Å². The molecule has 3 aromatic carbocycles. The zero-order valence-corrected chi connectivity index (χ0v) is 21.9. The summed E-state index contributed by atoms with van der Waals surface area (Å²) in [7, 11) is -4.13. The van der Waals surface area contributed by atoms with E-state index in [4.69, 9.17) is 17.3 Å². The molecule has 0 aliphatic rings. The summed E-state index contributed by atoms with van der Waals surface area (Å²) < 4.78 is 29.9. The number of guanidine groups is 1. The van der Waals surface area contributed by atoms with E-state index < -0.39 is 10.0 Å². The van der Waals surface area contributed by atoms with Gasteiger partial charge >= 0.3 is 0 Å². The highest BCUT2D eigenvalue weighted by Gasteiger charge is 2.21. The van der Waals surface area contributed by atoms with Gasteiger partial charge in [-0.15, -0.1) is 16.2 Å². The molecule has 35 heavy (non-hydrogen) atoms. The van der Waals surface area contributed by atoms with Crippen molar-refractivity contribution < 1.29 is 8.42 Å². The molecule has 3 rings (SSSR count). The lowest BCUT2D eigenvalue weighted by atomic mass is 10.2. The third-order valence-corrected chi connectivity index (χ3v) is 7.69. The highest BCUT2D eigenvalue weighted by molar-refractivity contribution is 7.99. The van der Waals surface area contributed by atoms with Crippen LogP contribution in [0.3, 0.4) is 0 Å². The van der Waals surface area contributed by atoms with E-state index in [9.17, 15) is 8.42 Å². The zero-order chi connectivity index (χ0) is 25.4. The maximum atomic E-state index is 13.1. The first-order valence-electron chi connectivity index (χ1n) is 10.6. The minimum absolute atomic E-state index is 0.0337. The molecule has 0 bridgehead atoms. The summed E-state index contributed by atoms with van der Waals surface area (Å²) in [6.07, 6.45) is 0. The van der Waals surface area contributed by atoms with E-state index in [-0.39, 0.29) is 10.9 Å². The molecule has 3 N–H and O–H groups in total. The van der Waals surface area contributed by atoms with Crippen molar-refractivity contribution in [2.24, 2.45) is 15.2 Å². The molecule has 0 spiro atoms. The minimum Gasteiger partial charge on any atom is -0.368 e. The molecule has 0 atom stereocenters. The normalized spacial score (nSPS) is 12.1. The van der Waals surface area contributed by atoms with Crippen molar-refractivity contribution in [3.05, 3.63) is 94.0 Å². The maximum Gasteiger partial charge on any atom is 0.286 e. The van der Waals surface area contributed by atoms with Crippen LogP contribution in [0.1, 0.15) is 29.2 Å². The van der Waals surface area contributed by atoms with E-state index in [2.05, 4.69) is 32.8 Å². The molecule has 0 fully saturated rings. The SMILES string of the molecule is C/C(C#Cc1ccccc1)=N\N/C(N)=N/S(=O)(=O)c1cc(C)c(Cl)cc1SCc1cccc(C)c1. The predicted octanol–water partition coefficient (Wildman–Crippen LogP) is 5.27. The molecule has 0 amide bonds. The van der Waals surface area contributed by atoms with Crippen LogP contribution in [0.2, 0.25) is 5.02 Å². The van der Waals surface area contributed by atoms with Gasteiger partial charge in [-0.3, -0.25) is 0 Å². The molecule has 0 aromatic heterocycles. The minimum atomic E-state index is -4.13. The second kappa shape index (κ2) is 11.9. The predicted molar refractivity (Wildman–Crippen MR) is 145 cm³/mol. The first-order chi connectivity index (χ1) is 16.6. The number of hydrogen-bond acceptors (Lipinski definition) is 4. The second-order valence-corrected chi connectivity index (χ2v) is 10.7. The van der Waals surface area contributed by atoms with Gasteiger partial charge in [0.25, 0.3) is 10.0 Å². The highest BCUT2D eigenvalue weighted by Crippen LogP contribution is 2.34. The van der Waals surface area contributed by atoms with Gasteiger partial charge in [0.15, 0.2) is 0 Å². The van der Waals surface area contributed by atoms with Gasteiger partial charge in [-0.2, -0.15) is 13.5 Å². The van der Waals surface area contributed by atoms with Crippen molar-refractivity contribution >= 4 is 45.1 Å². The molecular formula is C26H25ClN4O2S2. The Morgan fingerprint density at radius 3 is 2.54 bits per heavy atom. The molecule has 180 valence electrons. The lowest BCUT2D eigenvalue weighted by Crippen LogP contribution is -2.29. The van der Waals surface area contributed by atoms with Crippen LogP contribution in [-0.4, -0.2) is 20.1 Å². The summed E-state index contributed by atoms with van der Waals surface area (Å²) in [5, 5.41) is 4.48. The fourth-order valence-corrected chi connectivity index (χ4v) is 5.63. The third kappa shape index (κ3) is 7.89. The molecule has 0 saturated heterocycles. The van der Waals surface area contributed by atoms with E-state index >= 15 is 0 Å². The number of nitrogens with one attached hydrogen (secondary N) is 1. The Bertz CT molecular complexity index is 1440. The number of sulfonamides is 1. The molecule has 0 unspecified atom stereocenters. The summed E-state index contributed by atoms with van der Waals surface area (Å²) in [6.45, 7) is 5.42. The van der Waals surface area contributed by atoms with Crippen molar-refractivity contribution in [2.75, 3.05) is 0 Å². The van der Waals surface area contributed by atoms with Gasteiger partial charge in [0.05, 0.1) is 0 Å². The molecule has 6 nitrogen and oxygen atoms in total. The number of hydrogen-bond donors (Lipinski definition) is 2. The summed E-state index contributed by atoms with van der Waals surface area (Å²) in [5.41, 5.74) is 12.4. The Morgan fingerprint density at radius 2 is 1.83 bits per heavy atom. The van der Waals surface area contributed by atoms with E-state index in [1.165, 1.54) is 17.8 Å². The number of benzene rings is 3. The van der Waals surface area contributed by atoms with Crippen molar-refractivity contribution in [2.45, 2.75) is 36.3 Å². The lowest BCUT2D eigenvalue weighted by Gasteiger charge is -2.11. The van der Waals surface area contributed by atoms with Crippen molar-refractivity contribution in [3.63, 3.8) is 0 Å². The van der Waals surface area contributed by atoms with E-state index in [0.29, 0.717) is 26.9 Å². The van der Waals surface area contributed by atoms with Gasteiger partial charge in [0.1, 0.15) is 10.6 Å². The highest BCUT2D eigenvalue weighted by atomic mass is 35.5. The molecule has 0 aliphatic heterocycles. The van der Waals surface area contributed by atoms with Crippen LogP contribution in [0.25, 0.3) is 0 Å². The molecule has 9 heteroatoms. The molecular weight excluding hydrogens is 500 g/mol. The number of halogens is 1. The van der Waals surface area contributed by atoms with Crippen LogP contribution in [0.15, 0.2) is 86.0 Å². The lowest BCUT2D eigenvalue weighted by molar-refractivity contribution is 0.595. The van der Waals surface area contributed by atoms with Crippen LogP contribution in [-0.2, 0) is 15.8 Å². The maximum absolute atomic E-state index is 13.1. The average Bonchev–Trinajstić information content (AvgIpc) is 2.82. The fourth-order valence-electron chi connectivity index (χ4n) is 2.97. The van der Waals surface area contributed by atoms with Crippen molar-refractivity contribution in [1.29, 1.82) is 0 Å². The van der Waals surface area contributed by atoms with Crippen molar-refractivity contribution in [3.8, 4) is 11.8 Å². The van der Waals surface area contributed by atoms with Gasteiger partial charge in [0, 0.05) is 21.2 Å². The van der Waals surface area contributed by atoms with Crippen molar-refractivity contribution in [1.82, 2.24) is 5.43 Å². The Balaban J connectivity index is 1.81. The van der Waals surface area contributed by atoms with Gasteiger partial charge < -0.3 is 5.73 Å². The Hall–Kier alpha value is -3.25. The fraction of sp³-hybridized carbons (Fsp3) is 0.154. The topological polar surface area (TPSA) is 96.9 Å². The Kier molecular flexibility index (Phi) is 8.99. The van der Waals surface area contributed by atoms with Gasteiger partial charge in [-0.1, -0.05) is 65.5 Å². The smallest absolute Gasteiger partial charge is 0.286 e. The molecule has 3 aromatic rings. The number of rotatable bonds is 6. The number of nitrogens with zero attached hydrogens (tertiary/aromatic N) is 2. The number of hydrazone groups is 1. The van der Waals surface area contributed by atoms with Crippen LogP contribution >= 0.6 is 23.4 Å². The Labute approximate surface area is 215 Å². The first-order valence-corrected chi connectivity index (χ1v) is 13.4. The quantitative estimate of drug-likeness (QED) is 0.150. The summed E-state index contributed by atoms with van der Waals surface area (Å²) in [5.74, 6) is 6.03. The Morgan fingerprint density at radius 1 is 1.09 bits per heavy atom. The first kappa shape index (κ1) is 26.4. The summed E-state index contributed by atoms with van der Waals surface area (Å²) in [4.78, 5) is 0.526. The third-order valence-electron chi connectivity index (χ3n) is 4.70. The van der Waals surface area contributed by atoms with Gasteiger partial charge in [-0.25, -0.2) is 5.43 Å². The monoisotopic (exact) mass is 524 g/mol. The number of thioether (sulfide) groups is 1. The summed E-state index contributed by atoms with van der Waals surface area (Å²) >= 11 is 7.66. The van der Waals surface area contributed by atoms with Crippen LogP contribution in [0.4, 0.5) is 0 Å². The molecule has 0 aliphatic carbocycles. The van der Waals surface area contributed by atoms with Gasteiger partial charge in [-0.05, 0) is 62.1 Å². The molecule has 0 heterocycles. The zero-order valence-electron chi connectivity index (χ0n) is 19.5.